The lowest BCUT2D eigenvalue weighted by Crippen LogP contribution is -2.20. The van der Waals surface area contributed by atoms with Gasteiger partial charge in [0.25, 0.3) is 0 Å². The van der Waals surface area contributed by atoms with Crippen molar-refractivity contribution < 1.29 is 18.9 Å². The summed E-state index contributed by atoms with van der Waals surface area (Å²) in [7, 11) is 1.65. The maximum Gasteiger partial charge on any atom is 0.197 e. The number of ether oxygens (including phenoxy) is 4. The summed E-state index contributed by atoms with van der Waals surface area (Å²) in [4.78, 5) is 0. The van der Waals surface area contributed by atoms with Gasteiger partial charge in [-0.15, -0.1) is 0 Å². The molecule has 2 unspecified atom stereocenters. The molecule has 0 heterocycles. The molecule has 4 heteroatoms. The highest BCUT2D eigenvalue weighted by Gasteiger charge is 2.09. The van der Waals surface area contributed by atoms with Gasteiger partial charge in [0.1, 0.15) is 12.4 Å². The molecule has 0 aliphatic heterocycles. The third kappa shape index (κ3) is 5.64. The maximum absolute atomic E-state index is 5.89. The molecule has 0 fully saturated rings. The SMILES string of the molecule is CCC(C)c1ccc(OC(C)OCCOc2cc3ccccc3cc2OC)cc1. The highest BCUT2D eigenvalue weighted by Crippen LogP contribution is 2.32. The number of hydrogen-bond donors (Lipinski definition) is 0. The zero-order valence-electron chi connectivity index (χ0n) is 17.7. The van der Waals surface area contributed by atoms with Gasteiger partial charge in [-0.1, -0.05) is 50.2 Å². The Morgan fingerprint density at radius 3 is 2.10 bits per heavy atom. The summed E-state index contributed by atoms with van der Waals surface area (Å²) in [6.07, 6.45) is 0.772. The molecule has 0 aromatic heterocycles. The van der Waals surface area contributed by atoms with E-state index in [9.17, 15) is 0 Å². The first-order valence-corrected chi connectivity index (χ1v) is 10.2. The summed E-state index contributed by atoms with van der Waals surface area (Å²) in [5.74, 6) is 2.79. The number of methoxy groups -OCH3 is 1. The first-order chi connectivity index (χ1) is 14.1. The van der Waals surface area contributed by atoms with E-state index in [1.165, 1.54) is 5.56 Å². The van der Waals surface area contributed by atoms with Crippen LogP contribution in [0.5, 0.6) is 17.2 Å². The lowest BCUT2D eigenvalue weighted by molar-refractivity contribution is -0.0740. The van der Waals surface area contributed by atoms with E-state index in [1.807, 2.05) is 43.3 Å². The highest BCUT2D eigenvalue weighted by molar-refractivity contribution is 5.86. The lowest BCUT2D eigenvalue weighted by atomic mass is 9.99. The van der Waals surface area contributed by atoms with E-state index in [-0.39, 0.29) is 6.29 Å². The number of fused-ring (bicyclic) bond motifs is 1. The van der Waals surface area contributed by atoms with Crippen LogP contribution >= 0.6 is 0 Å². The van der Waals surface area contributed by atoms with Gasteiger partial charge in [-0.25, -0.2) is 0 Å². The Bertz CT molecular complexity index is 904. The second-order valence-corrected chi connectivity index (χ2v) is 7.13. The van der Waals surface area contributed by atoms with Crippen molar-refractivity contribution in [3.05, 3.63) is 66.2 Å². The van der Waals surface area contributed by atoms with Crippen LogP contribution in [0.1, 0.15) is 38.7 Å². The number of benzene rings is 3. The summed E-state index contributed by atoms with van der Waals surface area (Å²) in [6, 6.07) is 20.3. The highest BCUT2D eigenvalue weighted by atomic mass is 16.7. The molecule has 2 atom stereocenters. The van der Waals surface area contributed by atoms with Crippen molar-refractivity contribution in [2.75, 3.05) is 20.3 Å². The van der Waals surface area contributed by atoms with E-state index in [1.54, 1.807) is 7.11 Å². The summed E-state index contributed by atoms with van der Waals surface area (Å²) in [5, 5.41) is 2.23. The van der Waals surface area contributed by atoms with Crippen LogP contribution in [0.4, 0.5) is 0 Å². The largest absolute Gasteiger partial charge is 0.493 e. The third-order valence-electron chi connectivity index (χ3n) is 5.09. The van der Waals surface area contributed by atoms with Crippen molar-refractivity contribution in [3.8, 4) is 17.2 Å². The van der Waals surface area contributed by atoms with Crippen LogP contribution in [0.3, 0.4) is 0 Å². The van der Waals surface area contributed by atoms with Gasteiger partial charge in [-0.2, -0.15) is 0 Å². The molecule has 0 radical (unpaired) electrons. The minimum absolute atomic E-state index is 0.355. The van der Waals surface area contributed by atoms with Crippen molar-refractivity contribution in [1.82, 2.24) is 0 Å². The molecule has 3 aromatic rings. The molecule has 0 saturated carbocycles. The van der Waals surface area contributed by atoms with E-state index in [0.717, 1.165) is 28.7 Å². The van der Waals surface area contributed by atoms with E-state index in [2.05, 4.69) is 38.1 Å². The smallest absolute Gasteiger partial charge is 0.197 e. The Hall–Kier alpha value is -2.72. The Balaban J connectivity index is 1.48. The summed E-state index contributed by atoms with van der Waals surface area (Å²) >= 11 is 0. The number of hydrogen-bond acceptors (Lipinski definition) is 4. The van der Waals surface area contributed by atoms with Crippen LogP contribution in [0.2, 0.25) is 0 Å². The minimum Gasteiger partial charge on any atom is -0.493 e. The van der Waals surface area contributed by atoms with E-state index >= 15 is 0 Å². The Morgan fingerprint density at radius 1 is 0.828 bits per heavy atom. The van der Waals surface area contributed by atoms with Crippen molar-refractivity contribution in [1.29, 1.82) is 0 Å². The molecular formula is C25H30O4. The van der Waals surface area contributed by atoms with Crippen LogP contribution in [0.25, 0.3) is 10.8 Å². The Kier molecular flexibility index (Phi) is 7.36. The van der Waals surface area contributed by atoms with Crippen molar-refractivity contribution >= 4 is 10.8 Å². The molecule has 0 aliphatic rings. The van der Waals surface area contributed by atoms with E-state index < -0.39 is 0 Å². The molecule has 0 amide bonds. The molecule has 29 heavy (non-hydrogen) atoms. The van der Waals surface area contributed by atoms with Crippen LogP contribution in [-0.2, 0) is 4.74 Å². The standard InChI is InChI=1S/C25H30O4/c1-5-18(2)20-10-12-23(13-11-20)29-19(3)27-14-15-28-25-17-22-9-7-6-8-21(22)16-24(25)26-4/h6-13,16-19H,5,14-15H2,1-4H3. The van der Waals surface area contributed by atoms with Gasteiger partial charge in [0.15, 0.2) is 17.8 Å². The fourth-order valence-electron chi connectivity index (χ4n) is 3.17. The summed E-state index contributed by atoms with van der Waals surface area (Å²) in [5.41, 5.74) is 1.33. The number of rotatable bonds is 10. The average Bonchev–Trinajstić information content (AvgIpc) is 2.76. The molecule has 0 spiro atoms. The zero-order chi connectivity index (χ0) is 20.6. The van der Waals surface area contributed by atoms with Crippen LogP contribution < -0.4 is 14.2 Å². The summed E-state index contributed by atoms with van der Waals surface area (Å²) in [6.45, 7) is 7.14. The molecule has 4 nitrogen and oxygen atoms in total. The maximum atomic E-state index is 5.89. The van der Waals surface area contributed by atoms with Crippen LogP contribution in [0, 0.1) is 0 Å². The van der Waals surface area contributed by atoms with Crippen molar-refractivity contribution in [2.45, 2.75) is 39.4 Å². The van der Waals surface area contributed by atoms with Gasteiger partial charge in [0, 0.05) is 0 Å². The van der Waals surface area contributed by atoms with Gasteiger partial charge >= 0.3 is 0 Å². The molecule has 0 aliphatic carbocycles. The normalized spacial score (nSPS) is 13.1. The van der Waals surface area contributed by atoms with Crippen molar-refractivity contribution in [2.24, 2.45) is 0 Å². The molecule has 3 rings (SSSR count). The predicted molar refractivity (Wildman–Crippen MR) is 117 cm³/mol. The van der Waals surface area contributed by atoms with E-state index in [0.29, 0.717) is 24.9 Å². The summed E-state index contributed by atoms with van der Waals surface area (Å²) < 4.78 is 22.9. The Labute approximate surface area is 173 Å². The lowest BCUT2D eigenvalue weighted by Gasteiger charge is -2.17. The molecule has 0 bridgehead atoms. The van der Waals surface area contributed by atoms with Gasteiger partial charge < -0.3 is 18.9 Å². The first kappa shape index (κ1) is 21.0. The van der Waals surface area contributed by atoms with Crippen LogP contribution in [0.15, 0.2) is 60.7 Å². The monoisotopic (exact) mass is 394 g/mol. The average molecular weight is 395 g/mol. The molecule has 3 aromatic carbocycles. The predicted octanol–water partition coefficient (Wildman–Crippen LogP) is 6.18. The van der Waals surface area contributed by atoms with Gasteiger partial charge in [-0.05, 0) is 59.9 Å². The fraction of sp³-hybridized carbons (Fsp3) is 0.360. The van der Waals surface area contributed by atoms with Gasteiger partial charge in [0.2, 0.25) is 0 Å². The quantitative estimate of drug-likeness (QED) is 0.304. The second-order valence-electron chi connectivity index (χ2n) is 7.13. The van der Waals surface area contributed by atoms with Crippen molar-refractivity contribution in [3.63, 3.8) is 0 Å². The fourth-order valence-corrected chi connectivity index (χ4v) is 3.17. The second kappa shape index (κ2) is 10.2. The van der Waals surface area contributed by atoms with E-state index in [4.69, 9.17) is 18.9 Å². The molecular weight excluding hydrogens is 364 g/mol. The molecule has 0 saturated heterocycles. The first-order valence-electron chi connectivity index (χ1n) is 10.2. The minimum atomic E-state index is -0.355. The molecule has 154 valence electrons. The van der Waals surface area contributed by atoms with Crippen LogP contribution in [-0.4, -0.2) is 26.6 Å². The van der Waals surface area contributed by atoms with Gasteiger partial charge in [0.05, 0.1) is 13.7 Å². The zero-order valence-corrected chi connectivity index (χ0v) is 17.7. The topological polar surface area (TPSA) is 36.9 Å². The Morgan fingerprint density at radius 2 is 1.48 bits per heavy atom. The molecule has 0 N–H and O–H groups in total. The third-order valence-corrected chi connectivity index (χ3v) is 5.09. The van der Waals surface area contributed by atoms with Gasteiger partial charge in [-0.3, -0.25) is 0 Å².